The topological polar surface area (TPSA) is 38.5 Å². The van der Waals surface area contributed by atoms with Gasteiger partial charge in [0.25, 0.3) is 0 Å². The lowest BCUT2D eigenvalue weighted by molar-refractivity contribution is 0.195. The number of benzene rings is 1. The monoisotopic (exact) mass is 222 g/mol. The van der Waals surface area contributed by atoms with Gasteiger partial charge in [-0.25, -0.2) is 0 Å². The summed E-state index contributed by atoms with van der Waals surface area (Å²) >= 11 is 0. The van der Waals surface area contributed by atoms with E-state index in [1.54, 1.807) is 0 Å². The van der Waals surface area contributed by atoms with Crippen molar-refractivity contribution in [2.75, 3.05) is 26.4 Å². The van der Waals surface area contributed by atoms with Crippen molar-refractivity contribution in [2.24, 2.45) is 0 Å². The highest BCUT2D eigenvalue weighted by Gasteiger charge is 2.07. The molecule has 0 fully saturated rings. The number of nitrogens with zero attached hydrogens (tertiary/aromatic N) is 1. The minimum atomic E-state index is 0.187. The Hall–Kier alpha value is -1.22. The summed E-state index contributed by atoms with van der Waals surface area (Å²) in [6, 6.07) is 5.90. The van der Waals surface area contributed by atoms with Crippen molar-refractivity contribution in [1.29, 1.82) is 0 Å². The molecule has 0 radical (unpaired) electrons. The Bertz CT molecular complexity index is 337. The number of aryl methyl sites for hydroxylation is 1. The predicted octanol–water partition coefficient (Wildman–Crippen LogP) is 2.30. The fourth-order valence-electron chi connectivity index (χ4n) is 1.49. The smallest absolute Gasteiger partial charge is 0.142 e. The van der Waals surface area contributed by atoms with Gasteiger partial charge in [-0.3, -0.25) is 0 Å². The van der Waals surface area contributed by atoms with E-state index >= 15 is 0 Å². The van der Waals surface area contributed by atoms with Gasteiger partial charge in [0.2, 0.25) is 0 Å². The summed E-state index contributed by atoms with van der Waals surface area (Å²) in [6.45, 7) is 5.12. The standard InChI is InChI=1S/C13H22N2O/c1-10-5-6-13(12(14)9-10)16-11(2)7-8-15(3)4/h5-6,9,11H,7-8,14H2,1-4H3. The first-order valence-corrected chi connectivity index (χ1v) is 5.66. The number of rotatable bonds is 5. The van der Waals surface area contributed by atoms with Crippen molar-refractivity contribution in [2.45, 2.75) is 26.4 Å². The maximum atomic E-state index is 5.89. The molecule has 1 aromatic carbocycles. The summed E-state index contributed by atoms with van der Waals surface area (Å²) in [6.07, 6.45) is 1.19. The highest BCUT2D eigenvalue weighted by Crippen LogP contribution is 2.23. The van der Waals surface area contributed by atoms with Gasteiger partial charge in [-0.05, 0) is 52.1 Å². The zero-order valence-corrected chi connectivity index (χ0v) is 10.7. The summed E-state index contributed by atoms with van der Waals surface area (Å²) < 4.78 is 5.80. The molecule has 3 heteroatoms. The number of nitrogen functional groups attached to an aromatic ring is 1. The van der Waals surface area contributed by atoms with Gasteiger partial charge >= 0.3 is 0 Å². The molecule has 1 aromatic rings. The van der Waals surface area contributed by atoms with Crippen LogP contribution in [0.5, 0.6) is 5.75 Å². The van der Waals surface area contributed by atoms with Crippen molar-refractivity contribution in [3.63, 3.8) is 0 Å². The van der Waals surface area contributed by atoms with Crippen molar-refractivity contribution in [3.05, 3.63) is 23.8 Å². The van der Waals surface area contributed by atoms with Crippen LogP contribution in [0.3, 0.4) is 0 Å². The first-order valence-electron chi connectivity index (χ1n) is 5.66. The highest BCUT2D eigenvalue weighted by atomic mass is 16.5. The maximum absolute atomic E-state index is 5.89. The molecule has 0 spiro atoms. The van der Waals surface area contributed by atoms with E-state index in [2.05, 4.69) is 25.9 Å². The van der Waals surface area contributed by atoms with Gasteiger partial charge in [-0.2, -0.15) is 0 Å². The minimum Gasteiger partial charge on any atom is -0.489 e. The Labute approximate surface area is 98.2 Å². The molecule has 1 atom stereocenters. The molecule has 0 aromatic heterocycles. The van der Waals surface area contributed by atoms with Gasteiger partial charge in [0.15, 0.2) is 0 Å². The lowest BCUT2D eigenvalue weighted by Crippen LogP contribution is -2.21. The van der Waals surface area contributed by atoms with Crippen LogP contribution < -0.4 is 10.5 Å². The fraction of sp³-hybridized carbons (Fsp3) is 0.538. The maximum Gasteiger partial charge on any atom is 0.142 e. The first-order chi connectivity index (χ1) is 7.49. The molecule has 0 aliphatic carbocycles. The molecule has 0 aliphatic heterocycles. The Balaban J connectivity index is 2.52. The third kappa shape index (κ3) is 4.11. The van der Waals surface area contributed by atoms with E-state index in [4.69, 9.17) is 10.5 Å². The third-order valence-electron chi connectivity index (χ3n) is 2.48. The van der Waals surface area contributed by atoms with Crippen LogP contribution in [-0.2, 0) is 0 Å². The lowest BCUT2D eigenvalue weighted by Gasteiger charge is -2.18. The van der Waals surface area contributed by atoms with Crippen molar-refractivity contribution < 1.29 is 4.74 Å². The van der Waals surface area contributed by atoms with Crippen LogP contribution >= 0.6 is 0 Å². The summed E-state index contributed by atoms with van der Waals surface area (Å²) in [7, 11) is 4.12. The molecule has 16 heavy (non-hydrogen) atoms. The van der Waals surface area contributed by atoms with E-state index in [0.29, 0.717) is 0 Å². The second-order valence-corrected chi connectivity index (χ2v) is 4.56. The number of anilines is 1. The van der Waals surface area contributed by atoms with Gasteiger partial charge in [0.05, 0.1) is 11.8 Å². The van der Waals surface area contributed by atoms with Crippen molar-refractivity contribution in [1.82, 2.24) is 4.90 Å². The lowest BCUT2D eigenvalue weighted by atomic mass is 10.2. The van der Waals surface area contributed by atoms with E-state index in [0.717, 1.165) is 30.0 Å². The molecule has 90 valence electrons. The van der Waals surface area contributed by atoms with Gasteiger partial charge < -0.3 is 15.4 Å². The molecule has 0 saturated heterocycles. The number of ether oxygens (including phenoxy) is 1. The summed E-state index contributed by atoms with van der Waals surface area (Å²) in [5.74, 6) is 0.789. The first kappa shape index (κ1) is 12.8. The average molecular weight is 222 g/mol. The number of hydrogen-bond acceptors (Lipinski definition) is 3. The van der Waals surface area contributed by atoms with E-state index in [9.17, 15) is 0 Å². The molecule has 0 heterocycles. The van der Waals surface area contributed by atoms with E-state index in [-0.39, 0.29) is 6.10 Å². The van der Waals surface area contributed by atoms with E-state index in [1.807, 2.05) is 25.1 Å². The number of hydrogen-bond donors (Lipinski definition) is 1. The Morgan fingerprint density at radius 3 is 2.62 bits per heavy atom. The Morgan fingerprint density at radius 2 is 2.06 bits per heavy atom. The zero-order valence-electron chi connectivity index (χ0n) is 10.7. The molecule has 1 unspecified atom stereocenters. The predicted molar refractivity (Wildman–Crippen MR) is 68.9 cm³/mol. The van der Waals surface area contributed by atoms with Crippen molar-refractivity contribution in [3.8, 4) is 5.75 Å². The number of nitrogens with two attached hydrogens (primary N) is 1. The van der Waals surface area contributed by atoms with E-state index in [1.165, 1.54) is 0 Å². The third-order valence-corrected chi connectivity index (χ3v) is 2.48. The molecule has 1 rings (SSSR count). The van der Waals surface area contributed by atoms with Crippen LogP contribution in [0.15, 0.2) is 18.2 Å². The van der Waals surface area contributed by atoms with Crippen LogP contribution in [0.1, 0.15) is 18.9 Å². The molecule has 0 saturated carbocycles. The highest BCUT2D eigenvalue weighted by molar-refractivity contribution is 5.54. The SMILES string of the molecule is Cc1ccc(OC(C)CCN(C)C)c(N)c1. The molecular formula is C13H22N2O. The molecule has 3 nitrogen and oxygen atoms in total. The molecule has 2 N–H and O–H groups in total. The Morgan fingerprint density at radius 1 is 1.38 bits per heavy atom. The summed E-state index contributed by atoms with van der Waals surface area (Å²) in [4.78, 5) is 2.15. The minimum absolute atomic E-state index is 0.187. The molecule has 0 amide bonds. The average Bonchev–Trinajstić information content (AvgIpc) is 2.19. The summed E-state index contributed by atoms with van der Waals surface area (Å²) in [5, 5.41) is 0. The van der Waals surface area contributed by atoms with Crippen LogP contribution in [0.2, 0.25) is 0 Å². The van der Waals surface area contributed by atoms with Gasteiger partial charge in [-0.15, -0.1) is 0 Å². The zero-order chi connectivity index (χ0) is 12.1. The quantitative estimate of drug-likeness (QED) is 0.777. The summed E-state index contributed by atoms with van der Waals surface area (Å²) in [5.41, 5.74) is 7.77. The molecular weight excluding hydrogens is 200 g/mol. The second kappa shape index (κ2) is 5.75. The van der Waals surface area contributed by atoms with Gasteiger partial charge in [0, 0.05) is 6.54 Å². The van der Waals surface area contributed by atoms with Crippen molar-refractivity contribution >= 4 is 5.69 Å². The Kier molecular flexibility index (Phi) is 4.62. The van der Waals surface area contributed by atoms with Gasteiger partial charge in [-0.1, -0.05) is 6.07 Å². The van der Waals surface area contributed by atoms with Crippen LogP contribution in [0.4, 0.5) is 5.69 Å². The van der Waals surface area contributed by atoms with E-state index < -0.39 is 0 Å². The fourth-order valence-corrected chi connectivity index (χ4v) is 1.49. The van der Waals surface area contributed by atoms with Crippen LogP contribution in [0, 0.1) is 6.92 Å². The molecule has 0 aliphatic rings. The second-order valence-electron chi connectivity index (χ2n) is 4.56. The molecule has 0 bridgehead atoms. The normalized spacial score (nSPS) is 12.8. The van der Waals surface area contributed by atoms with Crippen LogP contribution in [0.25, 0.3) is 0 Å². The largest absolute Gasteiger partial charge is 0.489 e. The van der Waals surface area contributed by atoms with Crippen LogP contribution in [-0.4, -0.2) is 31.6 Å². The van der Waals surface area contributed by atoms with Gasteiger partial charge in [0.1, 0.15) is 5.75 Å².